The summed E-state index contributed by atoms with van der Waals surface area (Å²) >= 11 is 0. The third kappa shape index (κ3) is 8.68. The zero-order valence-corrected chi connectivity index (χ0v) is 23.0. The second-order valence-electron chi connectivity index (χ2n) is 10.9. The number of phenolic OH excluding ortho intramolecular Hbond substituents is 1. The van der Waals surface area contributed by atoms with Gasteiger partial charge in [0.2, 0.25) is 0 Å². The molecule has 4 atom stereocenters. The van der Waals surface area contributed by atoms with Gasteiger partial charge >= 0.3 is 0 Å². The molecular formula is C31H44N6O2. The molecule has 0 spiro atoms. The van der Waals surface area contributed by atoms with E-state index < -0.39 is 0 Å². The lowest BCUT2D eigenvalue weighted by atomic mass is 10.0. The number of piperidine rings is 2. The molecule has 2 saturated heterocycles. The molecule has 8 nitrogen and oxygen atoms in total. The summed E-state index contributed by atoms with van der Waals surface area (Å²) in [5.74, 6) is 1.19. The van der Waals surface area contributed by atoms with Gasteiger partial charge in [-0.3, -0.25) is 4.90 Å². The Morgan fingerprint density at radius 2 is 1.18 bits per heavy atom. The Kier molecular flexibility index (Phi) is 10.2. The van der Waals surface area contributed by atoms with Gasteiger partial charge in [0.05, 0.1) is 7.11 Å². The minimum Gasteiger partial charge on any atom is -0.508 e. The number of aromatic hydroxyl groups is 1. The molecule has 3 aromatic rings. The molecule has 0 saturated carbocycles. The van der Waals surface area contributed by atoms with Crippen molar-refractivity contribution in [3.63, 3.8) is 0 Å². The summed E-state index contributed by atoms with van der Waals surface area (Å²) in [5.41, 5.74) is 28.8. The van der Waals surface area contributed by atoms with E-state index in [1.807, 2.05) is 24.3 Å². The molecule has 2 heterocycles. The van der Waals surface area contributed by atoms with Crippen LogP contribution < -0.4 is 32.6 Å². The van der Waals surface area contributed by atoms with Gasteiger partial charge in [-0.1, -0.05) is 36.4 Å². The van der Waals surface area contributed by atoms with Gasteiger partial charge < -0.3 is 37.7 Å². The van der Waals surface area contributed by atoms with Gasteiger partial charge in [0.1, 0.15) is 11.5 Å². The first-order chi connectivity index (χ1) is 18.8. The average molecular weight is 533 g/mol. The molecular weight excluding hydrogens is 488 g/mol. The van der Waals surface area contributed by atoms with Crippen molar-refractivity contribution in [1.82, 2.24) is 4.90 Å². The number of methoxy groups -OCH3 is 1. The van der Waals surface area contributed by atoms with Crippen molar-refractivity contribution >= 4 is 5.69 Å². The van der Waals surface area contributed by atoms with E-state index in [0.717, 1.165) is 57.7 Å². The van der Waals surface area contributed by atoms with Crippen molar-refractivity contribution in [2.45, 2.75) is 43.4 Å². The first-order valence-electron chi connectivity index (χ1n) is 13.8. The van der Waals surface area contributed by atoms with Gasteiger partial charge in [-0.25, -0.2) is 0 Å². The Hall–Kier alpha value is -3.14. The molecule has 0 bridgehead atoms. The maximum absolute atomic E-state index is 9.20. The van der Waals surface area contributed by atoms with Crippen molar-refractivity contribution in [2.75, 3.05) is 44.7 Å². The lowest BCUT2D eigenvalue weighted by Crippen LogP contribution is -2.52. The highest BCUT2D eigenvalue weighted by molar-refractivity contribution is 5.67. The molecule has 3 aromatic carbocycles. The Balaban J connectivity index is 0.000000187. The van der Waals surface area contributed by atoms with Crippen LogP contribution in [0, 0.1) is 0 Å². The maximum atomic E-state index is 9.20. The molecule has 39 heavy (non-hydrogen) atoms. The van der Waals surface area contributed by atoms with E-state index in [1.165, 1.54) is 22.4 Å². The van der Waals surface area contributed by atoms with Gasteiger partial charge in [0.15, 0.2) is 0 Å². The van der Waals surface area contributed by atoms with Crippen molar-refractivity contribution in [1.29, 1.82) is 0 Å². The Morgan fingerprint density at radius 1 is 0.692 bits per heavy atom. The fourth-order valence-electron chi connectivity index (χ4n) is 5.45. The Morgan fingerprint density at radius 3 is 1.69 bits per heavy atom. The fourth-order valence-corrected chi connectivity index (χ4v) is 5.45. The predicted molar refractivity (Wildman–Crippen MR) is 160 cm³/mol. The monoisotopic (exact) mass is 532 g/mol. The lowest BCUT2D eigenvalue weighted by Gasteiger charge is -2.36. The summed E-state index contributed by atoms with van der Waals surface area (Å²) in [6.07, 6.45) is 2.80. The molecule has 0 amide bonds. The van der Waals surface area contributed by atoms with Gasteiger partial charge in [-0.05, 0) is 72.4 Å². The van der Waals surface area contributed by atoms with E-state index in [1.54, 1.807) is 19.2 Å². The topological polar surface area (TPSA) is 140 Å². The van der Waals surface area contributed by atoms with Crippen LogP contribution in [0.1, 0.15) is 18.4 Å². The lowest BCUT2D eigenvalue weighted by molar-refractivity contribution is 0.192. The van der Waals surface area contributed by atoms with Crippen molar-refractivity contribution in [3.05, 3.63) is 78.4 Å². The maximum Gasteiger partial charge on any atom is 0.118 e. The summed E-state index contributed by atoms with van der Waals surface area (Å²) in [6.45, 7) is 4.59. The Labute approximate surface area is 232 Å². The normalized spacial score (nSPS) is 23.6. The fraction of sp³-hybridized carbons (Fsp3) is 0.419. The van der Waals surface area contributed by atoms with Crippen LogP contribution in [0.5, 0.6) is 11.5 Å². The third-order valence-electron chi connectivity index (χ3n) is 7.42. The highest BCUT2D eigenvalue weighted by Crippen LogP contribution is 2.26. The van der Waals surface area contributed by atoms with Crippen molar-refractivity contribution < 1.29 is 9.84 Å². The van der Waals surface area contributed by atoms with Crippen LogP contribution in [0.15, 0.2) is 72.8 Å². The molecule has 2 fully saturated rings. The number of anilines is 1. The van der Waals surface area contributed by atoms with Crippen LogP contribution in [0.2, 0.25) is 0 Å². The largest absolute Gasteiger partial charge is 0.508 e. The molecule has 210 valence electrons. The molecule has 2 unspecified atom stereocenters. The molecule has 2 aliphatic heterocycles. The second-order valence-corrected chi connectivity index (χ2v) is 10.9. The highest BCUT2D eigenvalue weighted by atomic mass is 16.5. The molecule has 8 heteroatoms. The number of nitrogens with two attached hydrogens (primary N) is 4. The van der Waals surface area contributed by atoms with E-state index in [2.05, 4.69) is 46.2 Å². The third-order valence-corrected chi connectivity index (χ3v) is 7.42. The van der Waals surface area contributed by atoms with Crippen LogP contribution in [-0.4, -0.2) is 74.0 Å². The minimum atomic E-state index is 0.157. The van der Waals surface area contributed by atoms with Crippen molar-refractivity contribution in [2.24, 2.45) is 22.9 Å². The molecule has 9 N–H and O–H groups in total. The average Bonchev–Trinajstić information content (AvgIpc) is 2.92. The SMILES string of the molecule is COc1ccc(-c2ccc(N3CC(N)CC(N)C3)cc2)cc1.N[C@@H]1C[C@H](N)CN(CCc2ccc(O)cc2)C1. The first-order valence-corrected chi connectivity index (χ1v) is 13.8. The van der Waals surface area contributed by atoms with Gasteiger partial charge in [-0.2, -0.15) is 0 Å². The Bertz CT molecular complexity index is 1120. The number of likely N-dealkylation sites (tertiary alicyclic amines) is 1. The van der Waals surface area contributed by atoms with Gasteiger partial charge in [-0.15, -0.1) is 0 Å². The molecule has 0 aromatic heterocycles. The van der Waals surface area contributed by atoms with Gasteiger partial charge in [0, 0.05) is 62.6 Å². The molecule has 2 aliphatic rings. The minimum absolute atomic E-state index is 0.157. The predicted octanol–water partition coefficient (Wildman–Crippen LogP) is 2.52. The standard InChI is InChI=1S/C18H23N3O.C13H21N3O/c1-22-18-8-4-14(5-9-18)13-2-6-17(7-3-13)21-11-15(19)10-16(20)12-21;14-11-7-12(15)9-16(8-11)6-5-10-1-3-13(17)4-2-10/h2-9,15-16H,10-12,19-20H2,1H3;1-4,11-12,17H,5-9,14-15H2/t;11-,12+. The van der Waals surface area contributed by atoms with Gasteiger partial charge in [0.25, 0.3) is 0 Å². The van der Waals surface area contributed by atoms with E-state index in [-0.39, 0.29) is 24.2 Å². The van der Waals surface area contributed by atoms with E-state index in [0.29, 0.717) is 5.75 Å². The van der Waals surface area contributed by atoms with Crippen LogP contribution in [0.3, 0.4) is 0 Å². The zero-order valence-electron chi connectivity index (χ0n) is 23.0. The zero-order chi connectivity index (χ0) is 27.8. The number of hydrogen-bond donors (Lipinski definition) is 5. The van der Waals surface area contributed by atoms with Crippen LogP contribution in [0.25, 0.3) is 11.1 Å². The van der Waals surface area contributed by atoms with Crippen LogP contribution >= 0.6 is 0 Å². The molecule has 0 aliphatic carbocycles. The summed E-state index contributed by atoms with van der Waals surface area (Å²) < 4.78 is 5.19. The number of benzene rings is 3. The number of nitrogens with zero attached hydrogens (tertiary/aromatic N) is 2. The number of rotatable bonds is 6. The number of ether oxygens (including phenoxy) is 1. The van der Waals surface area contributed by atoms with Crippen molar-refractivity contribution in [3.8, 4) is 22.6 Å². The summed E-state index contributed by atoms with van der Waals surface area (Å²) in [7, 11) is 1.68. The highest BCUT2D eigenvalue weighted by Gasteiger charge is 2.23. The van der Waals surface area contributed by atoms with Crippen LogP contribution in [0.4, 0.5) is 5.69 Å². The van der Waals surface area contributed by atoms with Crippen LogP contribution in [-0.2, 0) is 6.42 Å². The summed E-state index contributed by atoms with van der Waals surface area (Å²) in [6, 6.07) is 24.8. The summed E-state index contributed by atoms with van der Waals surface area (Å²) in [5, 5.41) is 9.20. The first kappa shape index (κ1) is 28.9. The summed E-state index contributed by atoms with van der Waals surface area (Å²) in [4.78, 5) is 4.60. The van der Waals surface area contributed by atoms with E-state index >= 15 is 0 Å². The quantitative estimate of drug-likeness (QED) is 0.326. The number of hydrogen-bond acceptors (Lipinski definition) is 8. The second kappa shape index (κ2) is 13.8. The smallest absolute Gasteiger partial charge is 0.118 e. The van der Waals surface area contributed by atoms with E-state index in [4.69, 9.17) is 27.7 Å². The molecule has 5 rings (SSSR count). The van der Waals surface area contributed by atoms with E-state index in [9.17, 15) is 5.11 Å². The number of phenols is 1. The molecule has 0 radical (unpaired) electrons.